The molecule has 0 amide bonds. The van der Waals surface area contributed by atoms with Crippen molar-refractivity contribution in [3.63, 3.8) is 0 Å². The first-order valence-corrected chi connectivity index (χ1v) is 8.96. The average Bonchev–Trinajstić information content (AvgIpc) is 3.08. The van der Waals surface area contributed by atoms with Crippen LogP contribution in [0, 0.1) is 4.77 Å². The predicted molar refractivity (Wildman–Crippen MR) is 103 cm³/mol. The van der Waals surface area contributed by atoms with Crippen LogP contribution in [0.3, 0.4) is 0 Å². The second-order valence-corrected chi connectivity index (χ2v) is 6.36. The summed E-state index contributed by atoms with van der Waals surface area (Å²) in [6, 6.07) is 14.0. The van der Waals surface area contributed by atoms with E-state index in [9.17, 15) is 0 Å². The molecule has 7 nitrogen and oxygen atoms in total. The summed E-state index contributed by atoms with van der Waals surface area (Å²) in [4.78, 5) is 6.78. The predicted octanol–water partition coefficient (Wildman–Crippen LogP) is 2.77. The van der Waals surface area contributed by atoms with E-state index < -0.39 is 0 Å². The van der Waals surface area contributed by atoms with Crippen LogP contribution in [0.25, 0.3) is 5.69 Å². The van der Waals surface area contributed by atoms with Crippen LogP contribution in [0.1, 0.15) is 5.82 Å². The number of aromatic nitrogens is 4. The van der Waals surface area contributed by atoms with Crippen LogP contribution in [-0.4, -0.2) is 46.1 Å². The molecular weight excluding hydrogens is 348 g/mol. The summed E-state index contributed by atoms with van der Waals surface area (Å²) < 4.78 is 7.89. The monoisotopic (exact) mass is 368 g/mol. The molecule has 0 atom stereocenters. The van der Waals surface area contributed by atoms with Gasteiger partial charge in [0.05, 0.1) is 31.6 Å². The fourth-order valence-corrected chi connectivity index (χ4v) is 3.20. The molecule has 0 radical (unpaired) electrons. The lowest BCUT2D eigenvalue weighted by Crippen LogP contribution is -2.36. The Morgan fingerprint density at radius 1 is 1.12 bits per heavy atom. The van der Waals surface area contributed by atoms with Crippen LogP contribution in [-0.2, 0) is 11.3 Å². The topological polar surface area (TPSA) is 71.0 Å². The van der Waals surface area contributed by atoms with Crippen molar-refractivity contribution in [3.8, 4) is 5.69 Å². The minimum atomic E-state index is 0.542. The molecular formula is C18H20N6OS. The van der Waals surface area contributed by atoms with E-state index >= 15 is 0 Å². The maximum Gasteiger partial charge on any atom is 0.199 e. The van der Waals surface area contributed by atoms with Gasteiger partial charge in [-0.05, 0) is 36.5 Å². The SMILES string of the molecule is S=c1[nH]nc(CNc2ccc(N3CCOCC3)nc2)n1-c1ccccc1. The molecule has 26 heavy (non-hydrogen) atoms. The molecule has 0 bridgehead atoms. The van der Waals surface area contributed by atoms with Gasteiger partial charge in [0.2, 0.25) is 0 Å². The third-order valence-corrected chi connectivity index (χ3v) is 4.56. The smallest absolute Gasteiger partial charge is 0.199 e. The standard InChI is InChI=1S/C18H20N6OS/c26-18-22-21-17(24(18)15-4-2-1-3-5-15)13-19-14-6-7-16(20-12-14)23-8-10-25-11-9-23/h1-7,12,19H,8-11,13H2,(H,22,26). The van der Waals surface area contributed by atoms with E-state index in [1.807, 2.05) is 53.2 Å². The van der Waals surface area contributed by atoms with Crippen LogP contribution in [0.15, 0.2) is 48.7 Å². The van der Waals surface area contributed by atoms with Gasteiger partial charge in [0, 0.05) is 18.8 Å². The van der Waals surface area contributed by atoms with Crippen LogP contribution < -0.4 is 10.2 Å². The Hall–Kier alpha value is -2.71. The van der Waals surface area contributed by atoms with Gasteiger partial charge in [-0.15, -0.1) is 0 Å². The number of morpholine rings is 1. The molecule has 134 valence electrons. The minimum absolute atomic E-state index is 0.542. The van der Waals surface area contributed by atoms with Crippen molar-refractivity contribution in [3.05, 3.63) is 59.3 Å². The second kappa shape index (κ2) is 7.67. The molecule has 1 fully saturated rings. The molecule has 0 aliphatic carbocycles. The fraction of sp³-hybridized carbons (Fsp3) is 0.278. The summed E-state index contributed by atoms with van der Waals surface area (Å²) in [6.45, 7) is 3.81. The van der Waals surface area contributed by atoms with Gasteiger partial charge < -0.3 is 15.0 Å². The first-order chi connectivity index (χ1) is 12.8. The van der Waals surface area contributed by atoms with Gasteiger partial charge in [-0.3, -0.25) is 9.67 Å². The molecule has 3 heterocycles. The molecule has 3 aromatic rings. The van der Waals surface area contributed by atoms with E-state index in [4.69, 9.17) is 17.0 Å². The molecule has 8 heteroatoms. The lowest BCUT2D eigenvalue weighted by molar-refractivity contribution is 0.122. The quantitative estimate of drug-likeness (QED) is 0.675. The molecule has 1 saturated heterocycles. The van der Waals surface area contributed by atoms with Crippen LogP contribution in [0.5, 0.6) is 0 Å². The van der Waals surface area contributed by atoms with Crippen molar-refractivity contribution in [2.75, 3.05) is 36.5 Å². The molecule has 2 N–H and O–H groups in total. The largest absolute Gasteiger partial charge is 0.378 e. The summed E-state index contributed by atoms with van der Waals surface area (Å²) in [5, 5.41) is 10.6. The average molecular weight is 368 g/mol. The molecule has 1 aliphatic heterocycles. The molecule has 0 unspecified atom stereocenters. The highest BCUT2D eigenvalue weighted by Crippen LogP contribution is 2.17. The highest BCUT2D eigenvalue weighted by Gasteiger charge is 2.12. The van der Waals surface area contributed by atoms with Crippen LogP contribution in [0.4, 0.5) is 11.5 Å². The zero-order valence-corrected chi connectivity index (χ0v) is 15.1. The number of aromatic amines is 1. The zero-order chi connectivity index (χ0) is 17.8. The molecule has 0 saturated carbocycles. The van der Waals surface area contributed by atoms with Gasteiger partial charge in [0.1, 0.15) is 5.82 Å². The van der Waals surface area contributed by atoms with Crippen LogP contribution >= 0.6 is 12.2 Å². The number of hydrogen-bond acceptors (Lipinski definition) is 6. The number of pyridine rings is 1. The van der Waals surface area contributed by atoms with E-state index in [0.717, 1.165) is 49.3 Å². The van der Waals surface area contributed by atoms with E-state index in [1.165, 1.54) is 0 Å². The molecule has 4 rings (SSSR count). The normalized spacial score (nSPS) is 14.4. The number of rotatable bonds is 5. The summed E-state index contributed by atoms with van der Waals surface area (Å²) in [7, 11) is 0. The number of H-pyrrole nitrogens is 1. The summed E-state index contributed by atoms with van der Waals surface area (Å²) in [5.41, 5.74) is 1.93. The number of benzene rings is 1. The highest BCUT2D eigenvalue weighted by molar-refractivity contribution is 7.71. The van der Waals surface area contributed by atoms with Gasteiger partial charge in [0.15, 0.2) is 10.6 Å². The number of anilines is 2. The first-order valence-electron chi connectivity index (χ1n) is 8.55. The highest BCUT2D eigenvalue weighted by atomic mass is 32.1. The van der Waals surface area contributed by atoms with Crippen molar-refractivity contribution >= 4 is 23.7 Å². The van der Waals surface area contributed by atoms with E-state index in [1.54, 1.807) is 0 Å². The third kappa shape index (κ3) is 3.61. The zero-order valence-electron chi connectivity index (χ0n) is 14.3. The maximum atomic E-state index is 5.38. The van der Waals surface area contributed by atoms with Crippen molar-refractivity contribution in [1.29, 1.82) is 0 Å². The summed E-state index contributed by atoms with van der Waals surface area (Å²) in [5.74, 6) is 1.80. The van der Waals surface area contributed by atoms with E-state index in [0.29, 0.717) is 11.3 Å². The number of nitrogens with one attached hydrogen (secondary N) is 2. The lowest BCUT2D eigenvalue weighted by Gasteiger charge is -2.27. The molecule has 0 spiro atoms. The van der Waals surface area contributed by atoms with E-state index in [-0.39, 0.29) is 0 Å². The molecule has 1 aliphatic rings. The van der Waals surface area contributed by atoms with E-state index in [2.05, 4.69) is 25.4 Å². The van der Waals surface area contributed by atoms with Gasteiger partial charge in [0.25, 0.3) is 0 Å². The third-order valence-electron chi connectivity index (χ3n) is 4.29. The van der Waals surface area contributed by atoms with Crippen molar-refractivity contribution in [1.82, 2.24) is 19.7 Å². The minimum Gasteiger partial charge on any atom is -0.378 e. The summed E-state index contributed by atoms with van der Waals surface area (Å²) in [6.07, 6.45) is 1.85. The Morgan fingerprint density at radius 3 is 2.65 bits per heavy atom. The molecule has 2 aromatic heterocycles. The van der Waals surface area contributed by atoms with Gasteiger partial charge in [-0.25, -0.2) is 4.98 Å². The Labute approximate surface area is 156 Å². The van der Waals surface area contributed by atoms with Crippen LogP contribution in [0.2, 0.25) is 0 Å². The number of nitrogens with zero attached hydrogens (tertiary/aromatic N) is 4. The summed E-state index contributed by atoms with van der Waals surface area (Å²) >= 11 is 5.36. The Morgan fingerprint density at radius 2 is 1.92 bits per heavy atom. The van der Waals surface area contributed by atoms with Crippen molar-refractivity contribution in [2.24, 2.45) is 0 Å². The lowest BCUT2D eigenvalue weighted by atomic mass is 10.3. The van der Waals surface area contributed by atoms with Gasteiger partial charge in [-0.1, -0.05) is 18.2 Å². The Kier molecular flexibility index (Phi) is 4.94. The first kappa shape index (κ1) is 16.7. The van der Waals surface area contributed by atoms with Crippen molar-refractivity contribution in [2.45, 2.75) is 6.54 Å². The second-order valence-electron chi connectivity index (χ2n) is 5.97. The van der Waals surface area contributed by atoms with Gasteiger partial charge in [-0.2, -0.15) is 5.10 Å². The number of ether oxygens (including phenoxy) is 1. The number of para-hydroxylation sites is 1. The van der Waals surface area contributed by atoms with Crippen molar-refractivity contribution < 1.29 is 4.74 Å². The maximum absolute atomic E-state index is 5.38. The Bertz CT molecular complexity index is 899. The Balaban J connectivity index is 1.46. The fourth-order valence-electron chi connectivity index (χ4n) is 2.94. The van der Waals surface area contributed by atoms with Gasteiger partial charge >= 0.3 is 0 Å². The number of hydrogen-bond donors (Lipinski definition) is 2. The molecule has 1 aromatic carbocycles.